The van der Waals surface area contributed by atoms with E-state index in [1.165, 1.54) is 6.07 Å². The molecule has 1 rings (SSSR count). The number of benzene rings is 1. The molecule has 4 heteroatoms. The van der Waals surface area contributed by atoms with Crippen LogP contribution in [0.1, 0.15) is 5.56 Å². The number of aliphatic hydroxyl groups excluding tert-OH is 1. The van der Waals surface area contributed by atoms with Crippen LogP contribution in [0.2, 0.25) is 0 Å². The Morgan fingerprint density at radius 2 is 2.18 bits per heavy atom. The minimum absolute atomic E-state index is 0.253. The van der Waals surface area contributed by atoms with Crippen LogP contribution in [0, 0.1) is 9.39 Å². The van der Waals surface area contributed by atoms with Crippen molar-refractivity contribution in [2.24, 2.45) is 0 Å². The lowest BCUT2D eigenvalue weighted by Crippen LogP contribution is -1.93. The van der Waals surface area contributed by atoms with E-state index in [1.807, 2.05) is 22.6 Å². The monoisotopic (exact) mass is 330 g/mol. The molecule has 0 bridgehead atoms. The van der Waals surface area contributed by atoms with Gasteiger partial charge in [0.05, 0.1) is 6.61 Å². The molecule has 0 saturated heterocycles. The Bertz CT molecular complexity index is 254. The van der Waals surface area contributed by atoms with Gasteiger partial charge in [0.1, 0.15) is 5.82 Å². The number of halogens is 3. The zero-order valence-corrected chi connectivity index (χ0v) is 9.19. The van der Waals surface area contributed by atoms with Crippen molar-refractivity contribution in [3.8, 4) is 0 Å². The van der Waals surface area contributed by atoms with Crippen LogP contribution >= 0.6 is 38.5 Å². The second-order valence-electron chi connectivity index (χ2n) is 2.01. The predicted molar refractivity (Wildman–Crippen MR) is 52.7 cm³/mol. The van der Waals surface area contributed by atoms with Gasteiger partial charge >= 0.3 is 0 Å². The van der Waals surface area contributed by atoms with Crippen LogP contribution in [0.4, 0.5) is 4.39 Å². The first-order valence-electron chi connectivity index (χ1n) is 2.89. The van der Waals surface area contributed by atoms with Crippen LogP contribution in [0.25, 0.3) is 0 Å². The summed E-state index contributed by atoms with van der Waals surface area (Å²) < 4.78 is 14.3. The van der Waals surface area contributed by atoms with Crippen LogP contribution in [-0.2, 0) is 6.61 Å². The Balaban J connectivity index is 3.25. The lowest BCUT2D eigenvalue weighted by Gasteiger charge is -2.02. The van der Waals surface area contributed by atoms with E-state index in [4.69, 9.17) is 5.11 Å². The summed E-state index contributed by atoms with van der Waals surface area (Å²) in [6.45, 7) is -0.253. The van der Waals surface area contributed by atoms with Gasteiger partial charge in [0.25, 0.3) is 0 Å². The molecule has 1 nitrogen and oxygen atoms in total. The molecule has 0 amide bonds. The average molecular weight is 331 g/mol. The summed E-state index contributed by atoms with van der Waals surface area (Å²) in [4.78, 5) is 0. The molecule has 0 radical (unpaired) electrons. The van der Waals surface area contributed by atoms with E-state index >= 15 is 0 Å². The Morgan fingerprint density at radius 1 is 1.55 bits per heavy atom. The fraction of sp³-hybridized carbons (Fsp3) is 0.143. The summed E-state index contributed by atoms with van der Waals surface area (Å²) in [6, 6.07) is 3.10. The highest BCUT2D eigenvalue weighted by Gasteiger charge is 2.06. The van der Waals surface area contributed by atoms with Crippen molar-refractivity contribution in [1.82, 2.24) is 0 Å². The lowest BCUT2D eigenvalue weighted by atomic mass is 10.2. The molecule has 0 spiro atoms. The van der Waals surface area contributed by atoms with Gasteiger partial charge in [-0.25, -0.2) is 4.39 Å². The molecule has 60 valence electrons. The highest BCUT2D eigenvalue weighted by molar-refractivity contribution is 14.1. The zero-order valence-electron chi connectivity index (χ0n) is 5.44. The quantitative estimate of drug-likeness (QED) is 0.785. The molecular formula is C7H5BrFIO. The Labute approximate surface area is 85.9 Å². The van der Waals surface area contributed by atoms with E-state index < -0.39 is 0 Å². The molecule has 0 saturated carbocycles. The van der Waals surface area contributed by atoms with Crippen LogP contribution < -0.4 is 0 Å². The molecule has 0 aliphatic heterocycles. The SMILES string of the molecule is OCc1c(F)cc(Br)cc1I. The van der Waals surface area contributed by atoms with E-state index in [0.717, 1.165) is 3.57 Å². The van der Waals surface area contributed by atoms with Gasteiger partial charge in [-0.2, -0.15) is 0 Å². The van der Waals surface area contributed by atoms with Crippen molar-refractivity contribution in [2.75, 3.05) is 0 Å². The zero-order chi connectivity index (χ0) is 8.43. The van der Waals surface area contributed by atoms with Gasteiger partial charge in [0, 0.05) is 13.6 Å². The summed E-state index contributed by atoms with van der Waals surface area (Å²) in [6.07, 6.45) is 0. The normalized spacial score (nSPS) is 10.2. The smallest absolute Gasteiger partial charge is 0.130 e. The first-order chi connectivity index (χ1) is 5.15. The number of rotatable bonds is 1. The third-order valence-corrected chi connectivity index (χ3v) is 2.68. The van der Waals surface area contributed by atoms with Crippen molar-refractivity contribution < 1.29 is 9.50 Å². The second-order valence-corrected chi connectivity index (χ2v) is 4.08. The van der Waals surface area contributed by atoms with Gasteiger partial charge < -0.3 is 5.11 Å². The van der Waals surface area contributed by atoms with Crippen molar-refractivity contribution in [2.45, 2.75) is 6.61 Å². The average Bonchev–Trinajstić information content (AvgIpc) is 1.85. The Hall–Kier alpha value is 0.320. The van der Waals surface area contributed by atoms with Gasteiger partial charge in [0.2, 0.25) is 0 Å². The largest absolute Gasteiger partial charge is 0.392 e. The van der Waals surface area contributed by atoms with Crippen LogP contribution in [0.15, 0.2) is 16.6 Å². The van der Waals surface area contributed by atoms with E-state index in [1.54, 1.807) is 6.07 Å². The summed E-state index contributed by atoms with van der Waals surface area (Å²) in [5.74, 6) is -0.369. The van der Waals surface area contributed by atoms with Crippen LogP contribution in [0.5, 0.6) is 0 Å². The molecule has 0 heterocycles. The van der Waals surface area contributed by atoms with Crippen molar-refractivity contribution >= 4 is 38.5 Å². The van der Waals surface area contributed by atoms with E-state index in [0.29, 0.717) is 10.0 Å². The van der Waals surface area contributed by atoms with Gasteiger partial charge in [0.15, 0.2) is 0 Å². The first-order valence-corrected chi connectivity index (χ1v) is 4.76. The fourth-order valence-corrected chi connectivity index (χ4v) is 2.34. The molecular weight excluding hydrogens is 326 g/mol. The summed E-state index contributed by atoms with van der Waals surface area (Å²) in [7, 11) is 0. The molecule has 0 aliphatic carbocycles. The van der Waals surface area contributed by atoms with E-state index in [9.17, 15) is 4.39 Å². The molecule has 1 N–H and O–H groups in total. The van der Waals surface area contributed by atoms with Crippen molar-refractivity contribution in [3.63, 3.8) is 0 Å². The molecule has 0 aromatic heterocycles. The second kappa shape index (κ2) is 3.82. The standard InChI is InChI=1S/C7H5BrFIO/c8-4-1-6(9)5(3-11)7(10)2-4/h1-2,11H,3H2. The number of aliphatic hydroxyl groups is 1. The van der Waals surface area contributed by atoms with Gasteiger partial charge in [-0.1, -0.05) is 15.9 Å². The molecule has 1 aromatic rings. The highest BCUT2D eigenvalue weighted by atomic mass is 127. The first kappa shape index (κ1) is 9.41. The molecule has 0 unspecified atom stereocenters. The van der Waals surface area contributed by atoms with Gasteiger partial charge in [-0.05, 0) is 34.7 Å². The van der Waals surface area contributed by atoms with Crippen molar-refractivity contribution in [3.05, 3.63) is 31.6 Å². The highest BCUT2D eigenvalue weighted by Crippen LogP contribution is 2.21. The minimum atomic E-state index is -0.369. The molecule has 0 fully saturated rings. The molecule has 0 aliphatic rings. The topological polar surface area (TPSA) is 20.2 Å². The number of hydrogen-bond donors (Lipinski definition) is 1. The summed E-state index contributed by atoms with van der Waals surface area (Å²) in [5.41, 5.74) is 0.355. The number of hydrogen-bond acceptors (Lipinski definition) is 1. The minimum Gasteiger partial charge on any atom is -0.392 e. The molecule has 11 heavy (non-hydrogen) atoms. The molecule has 0 atom stereocenters. The van der Waals surface area contributed by atoms with Crippen LogP contribution in [0.3, 0.4) is 0 Å². The Morgan fingerprint density at radius 3 is 2.64 bits per heavy atom. The van der Waals surface area contributed by atoms with Gasteiger partial charge in [-0.3, -0.25) is 0 Å². The summed E-state index contributed by atoms with van der Waals surface area (Å²) >= 11 is 5.13. The summed E-state index contributed by atoms with van der Waals surface area (Å²) in [5, 5.41) is 8.73. The third-order valence-electron chi connectivity index (χ3n) is 1.26. The third kappa shape index (κ3) is 2.13. The maximum absolute atomic E-state index is 12.9. The maximum atomic E-state index is 12.9. The molecule has 1 aromatic carbocycles. The van der Waals surface area contributed by atoms with E-state index in [2.05, 4.69) is 15.9 Å². The van der Waals surface area contributed by atoms with Crippen molar-refractivity contribution in [1.29, 1.82) is 0 Å². The van der Waals surface area contributed by atoms with E-state index in [-0.39, 0.29) is 12.4 Å². The Kier molecular flexibility index (Phi) is 3.27. The fourth-order valence-electron chi connectivity index (χ4n) is 0.723. The lowest BCUT2D eigenvalue weighted by molar-refractivity contribution is 0.274. The maximum Gasteiger partial charge on any atom is 0.130 e. The predicted octanol–water partition coefficient (Wildman–Crippen LogP) is 2.69. The van der Waals surface area contributed by atoms with Gasteiger partial charge in [-0.15, -0.1) is 0 Å². The van der Waals surface area contributed by atoms with Crippen LogP contribution in [-0.4, -0.2) is 5.11 Å².